The van der Waals surface area contributed by atoms with Crippen molar-refractivity contribution in [3.63, 3.8) is 0 Å². The van der Waals surface area contributed by atoms with E-state index in [1.54, 1.807) is 0 Å². The second-order valence-corrected chi connectivity index (χ2v) is 5.91. The average Bonchev–Trinajstić information content (AvgIpc) is 2.48. The lowest BCUT2D eigenvalue weighted by molar-refractivity contribution is 0.101. The van der Waals surface area contributed by atoms with E-state index in [0.717, 1.165) is 11.3 Å². The van der Waals surface area contributed by atoms with Crippen LogP contribution in [0.1, 0.15) is 43.2 Å². The second kappa shape index (κ2) is 7.65. The fraction of sp³-hybridized carbons (Fsp3) is 0.647. The van der Waals surface area contributed by atoms with E-state index in [-0.39, 0.29) is 0 Å². The van der Waals surface area contributed by atoms with Gasteiger partial charge in [-0.2, -0.15) is 0 Å². The highest BCUT2D eigenvalue weighted by Crippen LogP contribution is 2.20. The van der Waals surface area contributed by atoms with Crippen LogP contribution < -0.4 is 10.1 Å². The molecule has 0 saturated heterocycles. The number of ether oxygens (including phenoxy) is 1. The maximum Gasteiger partial charge on any atom is 0.122 e. The first-order valence-corrected chi connectivity index (χ1v) is 7.77. The minimum absolute atomic E-state index is 0.351. The highest BCUT2D eigenvalue weighted by Gasteiger charge is 2.14. The quantitative estimate of drug-likeness (QED) is 0.840. The molecule has 0 unspecified atom stereocenters. The van der Waals surface area contributed by atoms with Crippen LogP contribution in [0.15, 0.2) is 18.2 Å². The fourth-order valence-corrected chi connectivity index (χ4v) is 2.73. The van der Waals surface area contributed by atoms with Gasteiger partial charge in [0.15, 0.2) is 0 Å². The molecule has 112 valence electrons. The zero-order chi connectivity index (χ0) is 14.4. The molecule has 1 fully saturated rings. The highest BCUT2D eigenvalue weighted by molar-refractivity contribution is 5.38. The van der Waals surface area contributed by atoms with Crippen molar-refractivity contribution in [2.45, 2.75) is 58.1 Å². The van der Waals surface area contributed by atoms with Crippen LogP contribution in [-0.4, -0.2) is 30.4 Å². The molecule has 0 aliphatic heterocycles. The van der Waals surface area contributed by atoms with Crippen molar-refractivity contribution in [2.24, 2.45) is 0 Å². The van der Waals surface area contributed by atoms with Crippen LogP contribution in [0.3, 0.4) is 0 Å². The Morgan fingerprint density at radius 3 is 2.75 bits per heavy atom. The van der Waals surface area contributed by atoms with Crippen LogP contribution >= 0.6 is 0 Å². The minimum Gasteiger partial charge on any atom is -0.491 e. The van der Waals surface area contributed by atoms with Crippen molar-refractivity contribution < 1.29 is 9.84 Å². The molecule has 1 aliphatic rings. The Kier molecular flexibility index (Phi) is 5.86. The minimum atomic E-state index is -0.447. The maximum absolute atomic E-state index is 10.0. The van der Waals surface area contributed by atoms with Gasteiger partial charge in [0.1, 0.15) is 18.5 Å². The standard InChI is InChI=1S/C17H27NO2/c1-13-7-6-10-17(14(13)2)20-12-16(19)11-18-15-8-4-3-5-9-15/h6-7,10,15-16,18-19H,3-5,8-9,11-12H2,1-2H3/t16-/m1/s1. The Labute approximate surface area is 122 Å². The van der Waals surface area contributed by atoms with E-state index in [9.17, 15) is 5.11 Å². The molecule has 20 heavy (non-hydrogen) atoms. The summed E-state index contributed by atoms with van der Waals surface area (Å²) in [6.07, 6.45) is 6.02. The summed E-state index contributed by atoms with van der Waals surface area (Å²) in [6, 6.07) is 6.61. The van der Waals surface area contributed by atoms with Gasteiger partial charge in [-0.15, -0.1) is 0 Å². The van der Waals surface area contributed by atoms with Gasteiger partial charge in [0, 0.05) is 12.6 Å². The summed E-state index contributed by atoms with van der Waals surface area (Å²) in [5, 5.41) is 13.5. The number of aryl methyl sites for hydroxylation is 1. The lowest BCUT2D eigenvalue weighted by Crippen LogP contribution is -2.39. The van der Waals surface area contributed by atoms with Crippen LogP contribution in [-0.2, 0) is 0 Å². The van der Waals surface area contributed by atoms with E-state index in [4.69, 9.17) is 4.74 Å². The van der Waals surface area contributed by atoms with Crippen LogP contribution in [0.25, 0.3) is 0 Å². The Morgan fingerprint density at radius 1 is 1.25 bits per heavy atom. The first-order valence-electron chi connectivity index (χ1n) is 7.77. The molecule has 2 N–H and O–H groups in total. The number of benzene rings is 1. The molecule has 1 saturated carbocycles. The second-order valence-electron chi connectivity index (χ2n) is 5.91. The molecule has 3 nitrogen and oxygen atoms in total. The van der Waals surface area contributed by atoms with Crippen molar-refractivity contribution in [3.05, 3.63) is 29.3 Å². The topological polar surface area (TPSA) is 41.5 Å². The van der Waals surface area contributed by atoms with Crippen LogP contribution in [0.5, 0.6) is 5.75 Å². The van der Waals surface area contributed by atoms with Crippen LogP contribution in [0.2, 0.25) is 0 Å². The summed E-state index contributed by atoms with van der Waals surface area (Å²) >= 11 is 0. The molecule has 1 atom stereocenters. The molecular formula is C17H27NO2. The Hall–Kier alpha value is -1.06. The number of hydrogen-bond acceptors (Lipinski definition) is 3. The van der Waals surface area contributed by atoms with E-state index in [0.29, 0.717) is 19.2 Å². The highest BCUT2D eigenvalue weighted by atomic mass is 16.5. The van der Waals surface area contributed by atoms with Crippen LogP contribution in [0.4, 0.5) is 0 Å². The van der Waals surface area contributed by atoms with Crippen molar-refractivity contribution in [3.8, 4) is 5.75 Å². The first-order chi connectivity index (χ1) is 9.66. The van der Waals surface area contributed by atoms with Crippen molar-refractivity contribution in [1.82, 2.24) is 5.32 Å². The molecule has 0 spiro atoms. The average molecular weight is 277 g/mol. The largest absolute Gasteiger partial charge is 0.491 e. The number of aliphatic hydroxyl groups excluding tert-OH is 1. The van der Waals surface area contributed by atoms with Gasteiger partial charge in [0.2, 0.25) is 0 Å². The van der Waals surface area contributed by atoms with Gasteiger partial charge in [-0.1, -0.05) is 31.4 Å². The summed E-state index contributed by atoms with van der Waals surface area (Å²) in [5.41, 5.74) is 2.37. The smallest absolute Gasteiger partial charge is 0.122 e. The van der Waals surface area contributed by atoms with Gasteiger partial charge in [-0.3, -0.25) is 0 Å². The molecule has 1 aromatic rings. The predicted molar refractivity (Wildman–Crippen MR) is 82.3 cm³/mol. The third-order valence-electron chi connectivity index (χ3n) is 4.23. The van der Waals surface area contributed by atoms with Gasteiger partial charge >= 0.3 is 0 Å². The SMILES string of the molecule is Cc1cccc(OC[C@H](O)CNC2CCCCC2)c1C. The third kappa shape index (κ3) is 4.50. The van der Waals surface area contributed by atoms with Gasteiger partial charge in [0.25, 0.3) is 0 Å². The molecule has 3 heteroatoms. The number of nitrogens with one attached hydrogen (secondary N) is 1. The van der Waals surface area contributed by atoms with E-state index < -0.39 is 6.10 Å². The summed E-state index contributed by atoms with van der Waals surface area (Å²) in [4.78, 5) is 0. The maximum atomic E-state index is 10.0. The molecule has 2 rings (SSSR count). The molecule has 0 radical (unpaired) electrons. The first kappa shape index (κ1) is 15.3. The van der Waals surface area contributed by atoms with E-state index >= 15 is 0 Å². The molecule has 0 heterocycles. The lowest BCUT2D eigenvalue weighted by Gasteiger charge is -2.24. The van der Waals surface area contributed by atoms with E-state index in [2.05, 4.69) is 25.2 Å². The van der Waals surface area contributed by atoms with Gasteiger partial charge in [0.05, 0.1) is 0 Å². The lowest BCUT2D eigenvalue weighted by atomic mass is 9.95. The Morgan fingerprint density at radius 2 is 2.00 bits per heavy atom. The predicted octanol–water partition coefficient (Wildman–Crippen LogP) is 2.97. The van der Waals surface area contributed by atoms with Gasteiger partial charge < -0.3 is 15.2 Å². The number of rotatable bonds is 6. The van der Waals surface area contributed by atoms with Crippen molar-refractivity contribution >= 4 is 0 Å². The van der Waals surface area contributed by atoms with Crippen molar-refractivity contribution in [1.29, 1.82) is 0 Å². The number of hydrogen-bond donors (Lipinski definition) is 2. The normalized spacial score (nSPS) is 17.9. The zero-order valence-corrected chi connectivity index (χ0v) is 12.7. The monoisotopic (exact) mass is 277 g/mol. The molecule has 0 aromatic heterocycles. The molecular weight excluding hydrogens is 250 g/mol. The summed E-state index contributed by atoms with van der Waals surface area (Å²) in [7, 11) is 0. The summed E-state index contributed by atoms with van der Waals surface area (Å²) < 4.78 is 5.73. The van der Waals surface area contributed by atoms with Gasteiger partial charge in [-0.05, 0) is 43.9 Å². The molecule has 0 bridgehead atoms. The number of aliphatic hydroxyl groups is 1. The van der Waals surface area contributed by atoms with E-state index in [1.165, 1.54) is 37.7 Å². The van der Waals surface area contributed by atoms with Crippen LogP contribution in [0, 0.1) is 13.8 Å². The summed E-state index contributed by atoms with van der Waals surface area (Å²) in [6.45, 7) is 5.10. The van der Waals surface area contributed by atoms with Gasteiger partial charge in [-0.25, -0.2) is 0 Å². The van der Waals surface area contributed by atoms with E-state index in [1.807, 2.05) is 12.1 Å². The summed E-state index contributed by atoms with van der Waals surface area (Å²) in [5.74, 6) is 0.877. The zero-order valence-electron chi connectivity index (χ0n) is 12.7. The third-order valence-corrected chi connectivity index (χ3v) is 4.23. The Bertz CT molecular complexity index is 413. The molecule has 1 aliphatic carbocycles. The molecule has 1 aromatic carbocycles. The van der Waals surface area contributed by atoms with Crippen molar-refractivity contribution in [2.75, 3.05) is 13.2 Å². The molecule has 0 amide bonds. The fourth-order valence-electron chi connectivity index (χ4n) is 2.73. The Balaban J connectivity index is 1.71.